The molecule has 0 bridgehead atoms. The largest absolute Gasteiger partial charge is 0.507 e. The fraction of sp³-hybridized carbons (Fsp3) is 0.0400. The summed E-state index contributed by atoms with van der Waals surface area (Å²) in [4.78, 5) is 9.40. The molecule has 142 valence electrons. The molecular weight excluding hydrogens is 360 g/mol. The minimum atomic E-state index is 0.185. The molecule has 0 amide bonds. The molecule has 0 aromatic heterocycles. The van der Waals surface area contributed by atoms with Crippen molar-refractivity contribution in [1.29, 1.82) is 0 Å². The van der Waals surface area contributed by atoms with E-state index in [1.807, 2.05) is 67.6 Å². The lowest BCUT2D eigenvalue weighted by Crippen LogP contribution is -1.94. The van der Waals surface area contributed by atoms with Crippen LogP contribution in [0, 0.1) is 0 Å². The molecule has 4 aromatic carbocycles. The van der Waals surface area contributed by atoms with E-state index in [1.54, 1.807) is 30.5 Å². The summed E-state index contributed by atoms with van der Waals surface area (Å²) >= 11 is 0. The first-order valence-corrected chi connectivity index (χ1v) is 9.31. The smallest absolute Gasteiger partial charge is 0.124 e. The topological polar surface area (TPSA) is 65.2 Å². The van der Waals surface area contributed by atoms with Crippen LogP contribution in [-0.4, -0.2) is 22.1 Å². The summed E-state index contributed by atoms with van der Waals surface area (Å²) in [6.45, 7) is 1.88. The summed E-state index contributed by atoms with van der Waals surface area (Å²) in [5.41, 5.74) is 3.59. The van der Waals surface area contributed by atoms with Gasteiger partial charge in [0.05, 0.1) is 11.4 Å². The molecule has 4 nitrogen and oxygen atoms in total. The minimum Gasteiger partial charge on any atom is -0.507 e. The van der Waals surface area contributed by atoms with Crippen molar-refractivity contribution < 1.29 is 10.2 Å². The number of fused-ring (bicyclic) bond motifs is 1. The number of rotatable bonds is 4. The molecule has 0 atom stereocenters. The Labute approximate surface area is 169 Å². The number of hydrogen-bond acceptors (Lipinski definition) is 4. The van der Waals surface area contributed by atoms with Gasteiger partial charge in [-0.15, -0.1) is 0 Å². The molecule has 0 saturated heterocycles. The maximum absolute atomic E-state index is 10.1. The number of hydrogen-bond donors (Lipinski definition) is 2. The van der Waals surface area contributed by atoms with Gasteiger partial charge in [-0.05, 0) is 48.7 Å². The van der Waals surface area contributed by atoms with Crippen molar-refractivity contribution in [3.05, 3.63) is 96.1 Å². The lowest BCUT2D eigenvalue weighted by molar-refractivity contribution is 0.474. The van der Waals surface area contributed by atoms with Gasteiger partial charge in [0.15, 0.2) is 0 Å². The number of phenolic OH excluding ortho intramolecular Hbond substituents is 2. The lowest BCUT2D eigenvalue weighted by Gasteiger charge is -2.08. The molecule has 0 heterocycles. The van der Waals surface area contributed by atoms with E-state index < -0.39 is 0 Å². The Morgan fingerprint density at radius 2 is 1.38 bits per heavy atom. The molecule has 2 N–H and O–H groups in total. The van der Waals surface area contributed by atoms with E-state index >= 15 is 0 Å². The predicted octanol–water partition coefficient (Wildman–Crippen LogP) is 6.14. The van der Waals surface area contributed by atoms with Gasteiger partial charge in [-0.3, -0.25) is 9.98 Å². The second kappa shape index (κ2) is 7.98. The molecule has 0 aliphatic carbocycles. The van der Waals surface area contributed by atoms with E-state index in [-0.39, 0.29) is 11.5 Å². The monoisotopic (exact) mass is 380 g/mol. The van der Waals surface area contributed by atoms with Crippen LogP contribution in [-0.2, 0) is 0 Å². The molecule has 4 aromatic rings. The van der Waals surface area contributed by atoms with Crippen LogP contribution in [0.3, 0.4) is 0 Å². The van der Waals surface area contributed by atoms with Crippen LogP contribution in [0.1, 0.15) is 18.1 Å². The Morgan fingerprint density at radius 1 is 0.724 bits per heavy atom. The average Bonchev–Trinajstić information content (AvgIpc) is 2.73. The number of benzene rings is 4. The van der Waals surface area contributed by atoms with Crippen molar-refractivity contribution in [2.75, 3.05) is 0 Å². The zero-order chi connectivity index (χ0) is 20.2. The van der Waals surface area contributed by atoms with Crippen molar-refractivity contribution in [3.63, 3.8) is 0 Å². The standard InChI is InChI=1S/C25H20N2O2/c1-17(20-11-3-5-15-24(20)29)27-22-13-7-10-18-9-6-12-21(25(18)22)26-16-19-8-2-4-14-23(19)28/h2-16,28-29H,1H3. The van der Waals surface area contributed by atoms with Crippen molar-refractivity contribution in [2.24, 2.45) is 9.98 Å². The highest BCUT2D eigenvalue weighted by Gasteiger charge is 2.08. The highest BCUT2D eigenvalue weighted by atomic mass is 16.3. The van der Waals surface area contributed by atoms with E-state index in [2.05, 4.69) is 4.99 Å². The number of para-hydroxylation sites is 2. The number of aromatic hydroxyl groups is 2. The third kappa shape index (κ3) is 3.87. The van der Waals surface area contributed by atoms with Crippen LogP contribution >= 0.6 is 0 Å². The van der Waals surface area contributed by atoms with Gasteiger partial charge in [-0.1, -0.05) is 48.5 Å². The van der Waals surface area contributed by atoms with E-state index in [4.69, 9.17) is 4.99 Å². The molecule has 4 rings (SSSR count). The first kappa shape index (κ1) is 18.4. The van der Waals surface area contributed by atoms with Gasteiger partial charge in [-0.2, -0.15) is 0 Å². The highest BCUT2D eigenvalue weighted by Crippen LogP contribution is 2.35. The van der Waals surface area contributed by atoms with Crippen molar-refractivity contribution in [2.45, 2.75) is 6.92 Å². The van der Waals surface area contributed by atoms with Crippen LogP contribution in [0.4, 0.5) is 11.4 Å². The second-order valence-electron chi connectivity index (χ2n) is 6.68. The third-order valence-electron chi connectivity index (χ3n) is 4.72. The van der Waals surface area contributed by atoms with Gasteiger partial charge in [0.25, 0.3) is 0 Å². The summed E-state index contributed by atoms with van der Waals surface area (Å²) in [6, 6.07) is 26.0. The summed E-state index contributed by atoms with van der Waals surface area (Å²) in [6.07, 6.45) is 1.65. The van der Waals surface area contributed by atoms with E-state index in [9.17, 15) is 10.2 Å². The van der Waals surface area contributed by atoms with Crippen molar-refractivity contribution in [3.8, 4) is 11.5 Å². The third-order valence-corrected chi connectivity index (χ3v) is 4.72. The Hall–Kier alpha value is -3.92. The van der Waals surface area contributed by atoms with E-state index in [1.165, 1.54) is 0 Å². The quantitative estimate of drug-likeness (QED) is 0.418. The first-order valence-electron chi connectivity index (χ1n) is 9.31. The number of nitrogens with zero attached hydrogens (tertiary/aromatic N) is 2. The molecule has 0 unspecified atom stereocenters. The fourth-order valence-electron chi connectivity index (χ4n) is 3.26. The normalized spacial score (nSPS) is 12.0. The van der Waals surface area contributed by atoms with Gasteiger partial charge >= 0.3 is 0 Å². The van der Waals surface area contributed by atoms with Crippen LogP contribution in [0.5, 0.6) is 11.5 Å². The van der Waals surface area contributed by atoms with E-state index in [0.29, 0.717) is 11.1 Å². The Balaban J connectivity index is 1.83. The van der Waals surface area contributed by atoms with Crippen LogP contribution in [0.25, 0.3) is 10.8 Å². The lowest BCUT2D eigenvalue weighted by atomic mass is 10.1. The summed E-state index contributed by atoms with van der Waals surface area (Å²) < 4.78 is 0. The van der Waals surface area contributed by atoms with Gasteiger partial charge in [0.2, 0.25) is 0 Å². The molecule has 4 heteroatoms. The molecule has 0 spiro atoms. The van der Waals surface area contributed by atoms with Crippen LogP contribution in [0.15, 0.2) is 94.9 Å². The maximum atomic E-state index is 10.1. The fourth-order valence-corrected chi connectivity index (χ4v) is 3.26. The summed E-state index contributed by atoms with van der Waals surface area (Å²) in [5, 5.41) is 22.1. The summed E-state index contributed by atoms with van der Waals surface area (Å²) in [7, 11) is 0. The summed E-state index contributed by atoms with van der Waals surface area (Å²) in [5.74, 6) is 0.386. The van der Waals surface area contributed by atoms with Crippen LogP contribution in [0.2, 0.25) is 0 Å². The average molecular weight is 380 g/mol. The highest BCUT2D eigenvalue weighted by molar-refractivity contribution is 6.08. The Kier molecular flexibility index (Phi) is 5.08. The van der Waals surface area contributed by atoms with Crippen molar-refractivity contribution >= 4 is 34.1 Å². The number of aliphatic imine (C=N–C) groups is 2. The van der Waals surface area contributed by atoms with Gasteiger partial charge in [0, 0.05) is 28.4 Å². The van der Waals surface area contributed by atoms with Gasteiger partial charge < -0.3 is 10.2 Å². The second-order valence-corrected chi connectivity index (χ2v) is 6.68. The molecular formula is C25H20N2O2. The molecule has 0 saturated carbocycles. The van der Waals surface area contributed by atoms with Crippen LogP contribution < -0.4 is 0 Å². The first-order chi connectivity index (χ1) is 14.1. The maximum Gasteiger partial charge on any atom is 0.124 e. The molecule has 0 aliphatic heterocycles. The molecule has 0 fully saturated rings. The number of phenols is 2. The zero-order valence-corrected chi connectivity index (χ0v) is 15.9. The molecule has 0 radical (unpaired) electrons. The zero-order valence-electron chi connectivity index (χ0n) is 15.9. The predicted molar refractivity (Wildman–Crippen MR) is 119 cm³/mol. The SMILES string of the molecule is CC(=Nc1cccc2cccc(N=Cc3ccccc3O)c12)c1ccccc1O. The van der Waals surface area contributed by atoms with Gasteiger partial charge in [-0.25, -0.2) is 0 Å². The molecule has 29 heavy (non-hydrogen) atoms. The minimum absolute atomic E-state index is 0.185. The Bertz CT molecular complexity index is 1240. The Morgan fingerprint density at radius 3 is 2.10 bits per heavy atom. The van der Waals surface area contributed by atoms with Gasteiger partial charge in [0.1, 0.15) is 11.5 Å². The molecule has 0 aliphatic rings. The van der Waals surface area contributed by atoms with Crippen molar-refractivity contribution in [1.82, 2.24) is 0 Å². The van der Waals surface area contributed by atoms with E-state index in [0.717, 1.165) is 27.9 Å².